The normalized spacial score (nSPS) is 11.5. The second kappa shape index (κ2) is 4.75. The summed E-state index contributed by atoms with van der Waals surface area (Å²) in [5.74, 6) is -1.53. The predicted octanol–water partition coefficient (Wildman–Crippen LogP) is 2.09. The van der Waals surface area contributed by atoms with E-state index in [1.54, 1.807) is 17.4 Å². The third-order valence-electron chi connectivity index (χ3n) is 2.31. The van der Waals surface area contributed by atoms with E-state index < -0.39 is 29.8 Å². The minimum atomic E-state index is -4.52. The topological polar surface area (TPSA) is 59.3 Å². The predicted molar refractivity (Wildman–Crippen MR) is 60.9 cm³/mol. The number of hydrogen-bond donors (Lipinski definition) is 1. The van der Waals surface area contributed by atoms with Crippen molar-refractivity contribution >= 4 is 16.9 Å². The number of halogens is 3. The van der Waals surface area contributed by atoms with Crippen molar-refractivity contribution < 1.29 is 22.4 Å². The third-order valence-corrected chi connectivity index (χ3v) is 2.31. The number of hydrogen-bond acceptors (Lipinski definition) is 3. The molecule has 0 aliphatic heterocycles. The van der Waals surface area contributed by atoms with Crippen LogP contribution in [0.2, 0.25) is 0 Å². The van der Waals surface area contributed by atoms with E-state index in [1.165, 1.54) is 12.1 Å². The van der Waals surface area contributed by atoms with Crippen LogP contribution in [-0.4, -0.2) is 18.6 Å². The molecule has 7 heteroatoms. The first-order chi connectivity index (χ1) is 8.87. The van der Waals surface area contributed by atoms with E-state index >= 15 is 0 Å². The number of nitrogens with one attached hydrogen (secondary N) is 1. The molecule has 0 spiro atoms. The molecule has 2 rings (SSSR count). The summed E-state index contributed by atoms with van der Waals surface area (Å²) < 4.78 is 41.0. The smallest absolute Gasteiger partial charge is 0.405 e. The van der Waals surface area contributed by atoms with Crippen LogP contribution >= 0.6 is 0 Å². The maximum atomic E-state index is 12.0. The van der Waals surface area contributed by atoms with E-state index in [0.29, 0.717) is 0 Å². The number of benzene rings is 1. The summed E-state index contributed by atoms with van der Waals surface area (Å²) in [6, 6.07) is 7.02. The zero-order valence-electron chi connectivity index (χ0n) is 9.45. The molecule has 0 saturated heterocycles. The van der Waals surface area contributed by atoms with E-state index in [0.717, 1.165) is 6.07 Å². The molecule has 1 N–H and O–H groups in total. The minimum Gasteiger partial charge on any atom is -0.451 e. The number of fused-ring (bicyclic) bond motifs is 1. The second-order valence-corrected chi connectivity index (χ2v) is 3.77. The first kappa shape index (κ1) is 13.1. The monoisotopic (exact) mass is 271 g/mol. The fourth-order valence-corrected chi connectivity index (χ4v) is 1.48. The highest BCUT2D eigenvalue weighted by molar-refractivity contribution is 5.93. The second-order valence-electron chi connectivity index (χ2n) is 3.77. The molecule has 0 radical (unpaired) electrons. The van der Waals surface area contributed by atoms with Crippen molar-refractivity contribution in [1.82, 2.24) is 5.32 Å². The first-order valence-corrected chi connectivity index (χ1v) is 5.25. The Morgan fingerprint density at radius 1 is 1.26 bits per heavy atom. The van der Waals surface area contributed by atoms with E-state index in [1.807, 2.05) is 0 Å². The van der Waals surface area contributed by atoms with Gasteiger partial charge in [-0.15, -0.1) is 0 Å². The Morgan fingerprint density at radius 3 is 2.63 bits per heavy atom. The van der Waals surface area contributed by atoms with Gasteiger partial charge in [0.2, 0.25) is 0 Å². The van der Waals surface area contributed by atoms with Crippen LogP contribution in [0.25, 0.3) is 11.0 Å². The number of alkyl halides is 3. The maximum absolute atomic E-state index is 12.0. The lowest BCUT2D eigenvalue weighted by atomic mass is 10.2. The molecule has 0 bridgehead atoms. The molecule has 1 heterocycles. The Labute approximate surface area is 104 Å². The van der Waals surface area contributed by atoms with Gasteiger partial charge in [0, 0.05) is 6.07 Å². The first-order valence-electron chi connectivity index (χ1n) is 5.25. The van der Waals surface area contributed by atoms with Gasteiger partial charge in [0.1, 0.15) is 12.1 Å². The largest absolute Gasteiger partial charge is 0.451 e. The number of rotatable bonds is 2. The standard InChI is InChI=1S/C12H8F3NO3/c13-12(14,15)6-16-11(18)10-5-8(17)7-3-1-2-4-9(7)19-10/h1-5H,6H2,(H,16,18). The highest BCUT2D eigenvalue weighted by Crippen LogP contribution is 2.14. The van der Waals surface area contributed by atoms with E-state index in [-0.39, 0.29) is 11.0 Å². The molecule has 1 aromatic carbocycles. The van der Waals surface area contributed by atoms with Gasteiger partial charge in [-0.3, -0.25) is 9.59 Å². The minimum absolute atomic E-state index is 0.146. The fourth-order valence-electron chi connectivity index (χ4n) is 1.48. The molecule has 0 atom stereocenters. The van der Waals surface area contributed by atoms with Gasteiger partial charge in [0.25, 0.3) is 5.91 Å². The Balaban J connectivity index is 2.31. The van der Waals surface area contributed by atoms with Crippen molar-refractivity contribution in [2.75, 3.05) is 6.54 Å². The lowest BCUT2D eigenvalue weighted by Crippen LogP contribution is -2.34. The van der Waals surface area contributed by atoms with Crippen molar-refractivity contribution in [2.45, 2.75) is 6.18 Å². The lowest BCUT2D eigenvalue weighted by molar-refractivity contribution is -0.123. The summed E-state index contributed by atoms with van der Waals surface area (Å²) in [6.45, 7) is -1.48. The summed E-state index contributed by atoms with van der Waals surface area (Å²) >= 11 is 0. The lowest BCUT2D eigenvalue weighted by Gasteiger charge is -2.07. The van der Waals surface area contributed by atoms with Crippen LogP contribution in [0.3, 0.4) is 0 Å². The molecule has 0 saturated carbocycles. The van der Waals surface area contributed by atoms with Crippen molar-refractivity contribution in [1.29, 1.82) is 0 Å². The Morgan fingerprint density at radius 2 is 1.95 bits per heavy atom. The van der Waals surface area contributed by atoms with Gasteiger partial charge in [-0.05, 0) is 12.1 Å². The van der Waals surface area contributed by atoms with Crippen molar-refractivity contribution in [3.63, 3.8) is 0 Å². The summed E-state index contributed by atoms with van der Waals surface area (Å²) in [5.41, 5.74) is -0.342. The van der Waals surface area contributed by atoms with Gasteiger partial charge in [0.05, 0.1) is 5.39 Å². The van der Waals surface area contributed by atoms with Crippen molar-refractivity contribution in [3.8, 4) is 0 Å². The zero-order chi connectivity index (χ0) is 14.0. The van der Waals surface area contributed by atoms with E-state index in [9.17, 15) is 22.8 Å². The SMILES string of the molecule is O=C(NCC(F)(F)F)c1cc(=O)c2ccccc2o1. The van der Waals surface area contributed by atoms with Crippen molar-refractivity contribution in [2.24, 2.45) is 0 Å². The van der Waals surface area contributed by atoms with Crippen LogP contribution in [0.15, 0.2) is 39.5 Å². The van der Waals surface area contributed by atoms with Crippen molar-refractivity contribution in [3.05, 3.63) is 46.3 Å². The number of carbonyl (C=O) groups excluding carboxylic acids is 1. The van der Waals surface area contributed by atoms with Crippen LogP contribution in [0.1, 0.15) is 10.6 Å². The summed E-state index contributed by atoms with van der Waals surface area (Å²) in [6.07, 6.45) is -4.52. The van der Waals surface area contributed by atoms with Gasteiger partial charge in [-0.25, -0.2) is 0 Å². The van der Waals surface area contributed by atoms with Crippen LogP contribution in [0.4, 0.5) is 13.2 Å². The highest BCUT2D eigenvalue weighted by atomic mass is 19.4. The Bertz CT molecular complexity index is 676. The van der Waals surface area contributed by atoms with Crippen LogP contribution in [0.5, 0.6) is 0 Å². The average molecular weight is 271 g/mol. The van der Waals surface area contributed by atoms with Crippen LogP contribution in [0, 0.1) is 0 Å². The molecule has 1 aromatic heterocycles. The molecule has 19 heavy (non-hydrogen) atoms. The van der Waals surface area contributed by atoms with Gasteiger partial charge in [-0.2, -0.15) is 13.2 Å². The van der Waals surface area contributed by atoms with Gasteiger partial charge in [-0.1, -0.05) is 12.1 Å². The number of amides is 1. The summed E-state index contributed by atoms with van der Waals surface area (Å²) in [7, 11) is 0. The van der Waals surface area contributed by atoms with Gasteiger partial charge < -0.3 is 9.73 Å². The molecule has 2 aromatic rings. The number of carbonyl (C=O) groups is 1. The number of para-hydroxylation sites is 1. The molecule has 0 fully saturated rings. The van der Waals surface area contributed by atoms with Crippen LogP contribution < -0.4 is 10.7 Å². The van der Waals surface area contributed by atoms with Crippen LogP contribution in [-0.2, 0) is 0 Å². The maximum Gasteiger partial charge on any atom is 0.405 e. The third kappa shape index (κ3) is 3.12. The van der Waals surface area contributed by atoms with Gasteiger partial charge >= 0.3 is 6.18 Å². The fraction of sp³-hybridized carbons (Fsp3) is 0.167. The van der Waals surface area contributed by atoms with E-state index in [2.05, 4.69) is 0 Å². The Hall–Kier alpha value is -2.31. The molecule has 0 unspecified atom stereocenters. The molecule has 1 amide bonds. The molecule has 100 valence electrons. The molecular formula is C12H8F3NO3. The highest BCUT2D eigenvalue weighted by Gasteiger charge is 2.28. The molecular weight excluding hydrogens is 263 g/mol. The molecule has 0 aliphatic carbocycles. The summed E-state index contributed by atoms with van der Waals surface area (Å²) in [4.78, 5) is 23.1. The Kier molecular flexibility index (Phi) is 3.28. The van der Waals surface area contributed by atoms with E-state index in [4.69, 9.17) is 4.42 Å². The summed E-state index contributed by atoms with van der Waals surface area (Å²) in [5, 5.41) is 1.89. The zero-order valence-corrected chi connectivity index (χ0v) is 9.45. The molecule has 0 aliphatic rings. The quantitative estimate of drug-likeness (QED) is 0.909. The van der Waals surface area contributed by atoms with Gasteiger partial charge in [0.15, 0.2) is 11.2 Å². The average Bonchev–Trinajstić information content (AvgIpc) is 2.35. The molecule has 4 nitrogen and oxygen atoms in total.